The summed E-state index contributed by atoms with van der Waals surface area (Å²) in [5.74, 6) is 0.264. The average molecular weight is 363 g/mol. The second-order valence-electron chi connectivity index (χ2n) is 5.43. The van der Waals surface area contributed by atoms with E-state index in [1.807, 2.05) is 6.92 Å². The minimum atomic E-state index is -0.524. The first-order valence-corrected chi connectivity index (χ1v) is 8.22. The van der Waals surface area contributed by atoms with Gasteiger partial charge in [0.2, 0.25) is 0 Å². The molecule has 0 atom stereocenters. The van der Waals surface area contributed by atoms with E-state index < -0.39 is 5.97 Å². The van der Waals surface area contributed by atoms with Crippen LogP contribution < -0.4 is 15.4 Å². The minimum Gasteiger partial charge on any atom is -0.423 e. The van der Waals surface area contributed by atoms with Gasteiger partial charge in [0.25, 0.3) is 0 Å². The molecule has 2 aromatic heterocycles. The number of urea groups is 1. The molecule has 0 bridgehead atoms. The van der Waals surface area contributed by atoms with Crippen LogP contribution in [0.25, 0.3) is 22.4 Å². The quantitative estimate of drug-likeness (QED) is 0.410. The van der Waals surface area contributed by atoms with Crippen molar-refractivity contribution in [1.82, 2.24) is 20.3 Å². The van der Waals surface area contributed by atoms with Crippen molar-refractivity contribution in [2.24, 2.45) is 0 Å². The molecule has 2 N–H and O–H groups in total. The SMILES string of the molecule is C=CC(=O)Oc1ccc(-c2cnc3ccc(NC(=O)NCC)nc3n2)cc1. The van der Waals surface area contributed by atoms with E-state index >= 15 is 0 Å². The van der Waals surface area contributed by atoms with E-state index in [4.69, 9.17) is 4.74 Å². The molecule has 0 aliphatic rings. The molecule has 2 heterocycles. The average Bonchev–Trinajstić information content (AvgIpc) is 2.68. The smallest absolute Gasteiger partial charge is 0.335 e. The number of anilines is 1. The standard InChI is InChI=1S/C19H17N5O3/c1-3-17(25)27-13-7-5-12(6-8-13)15-11-21-14-9-10-16(23-18(14)22-15)24-19(26)20-4-2/h3,5-11H,1,4H2,2H3,(H2,20,22,23,24,26). The molecule has 8 nitrogen and oxygen atoms in total. The summed E-state index contributed by atoms with van der Waals surface area (Å²) in [6.45, 7) is 5.70. The van der Waals surface area contributed by atoms with Gasteiger partial charge in [0.05, 0.1) is 11.9 Å². The highest BCUT2D eigenvalue weighted by atomic mass is 16.5. The molecule has 136 valence electrons. The maximum atomic E-state index is 11.6. The van der Waals surface area contributed by atoms with Gasteiger partial charge >= 0.3 is 12.0 Å². The van der Waals surface area contributed by atoms with Crippen molar-refractivity contribution >= 4 is 29.0 Å². The van der Waals surface area contributed by atoms with Crippen LogP contribution in [0.3, 0.4) is 0 Å². The molecule has 0 fully saturated rings. The lowest BCUT2D eigenvalue weighted by Crippen LogP contribution is -2.28. The number of nitrogens with one attached hydrogen (secondary N) is 2. The van der Waals surface area contributed by atoms with Crippen LogP contribution in [0.15, 0.2) is 55.3 Å². The summed E-state index contributed by atoms with van der Waals surface area (Å²) in [5.41, 5.74) is 2.40. The van der Waals surface area contributed by atoms with Crippen molar-refractivity contribution < 1.29 is 14.3 Å². The fraction of sp³-hybridized carbons (Fsp3) is 0.105. The Balaban J connectivity index is 1.85. The Kier molecular flexibility index (Phi) is 5.36. The number of benzene rings is 1. The van der Waals surface area contributed by atoms with Crippen LogP contribution in [-0.4, -0.2) is 33.5 Å². The van der Waals surface area contributed by atoms with Crippen molar-refractivity contribution in [3.63, 3.8) is 0 Å². The van der Waals surface area contributed by atoms with E-state index in [0.717, 1.165) is 11.6 Å². The molecule has 0 saturated carbocycles. The number of esters is 1. The molecule has 0 spiro atoms. The van der Waals surface area contributed by atoms with Crippen LogP contribution in [0.5, 0.6) is 5.75 Å². The first-order chi connectivity index (χ1) is 13.1. The van der Waals surface area contributed by atoms with Crippen LogP contribution in [0.4, 0.5) is 10.6 Å². The molecular weight excluding hydrogens is 346 g/mol. The number of rotatable bonds is 5. The van der Waals surface area contributed by atoms with E-state index in [2.05, 4.69) is 32.2 Å². The number of pyridine rings is 1. The second-order valence-corrected chi connectivity index (χ2v) is 5.43. The van der Waals surface area contributed by atoms with Crippen molar-refractivity contribution in [1.29, 1.82) is 0 Å². The van der Waals surface area contributed by atoms with Gasteiger partial charge in [-0.05, 0) is 43.3 Å². The third kappa shape index (κ3) is 4.43. The Hall–Kier alpha value is -3.81. The zero-order valence-electron chi connectivity index (χ0n) is 14.6. The van der Waals surface area contributed by atoms with Gasteiger partial charge in [-0.2, -0.15) is 0 Å². The zero-order chi connectivity index (χ0) is 19.2. The first kappa shape index (κ1) is 18.0. The molecule has 0 unspecified atom stereocenters. The predicted molar refractivity (Wildman–Crippen MR) is 101 cm³/mol. The number of aromatic nitrogens is 3. The van der Waals surface area contributed by atoms with Gasteiger partial charge in [-0.3, -0.25) is 10.3 Å². The summed E-state index contributed by atoms with van der Waals surface area (Å²) in [7, 11) is 0. The molecular formula is C19H17N5O3. The van der Waals surface area contributed by atoms with Gasteiger partial charge in [-0.1, -0.05) is 6.58 Å². The van der Waals surface area contributed by atoms with E-state index in [9.17, 15) is 9.59 Å². The predicted octanol–water partition coefficient (Wildman–Crippen LogP) is 2.92. The monoisotopic (exact) mass is 363 g/mol. The van der Waals surface area contributed by atoms with Gasteiger partial charge < -0.3 is 10.1 Å². The molecule has 2 amide bonds. The molecule has 0 aliphatic heterocycles. The van der Waals surface area contributed by atoms with Crippen LogP contribution in [0.1, 0.15) is 6.92 Å². The maximum Gasteiger partial charge on any atom is 0.335 e. The van der Waals surface area contributed by atoms with E-state index in [1.54, 1.807) is 42.6 Å². The van der Waals surface area contributed by atoms with E-state index in [-0.39, 0.29) is 6.03 Å². The molecule has 0 aliphatic carbocycles. The summed E-state index contributed by atoms with van der Waals surface area (Å²) in [6, 6.07) is 9.90. The Morgan fingerprint density at radius 3 is 2.63 bits per heavy atom. The second kappa shape index (κ2) is 8.05. The summed E-state index contributed by atoms with van der Waals surface area (Å²) < 4.78 is 5.05. The van der Waals surface area contributed by atoms with Gasteiger partial charge in [0.1, 0.15) is 17.1 Å². The Bertz CT molecular complexity index is 1000. The number of fused-ring (bicyclic) bond motifs is 1. The van der Waals surface area contributed by atoms with E-state index in [0.29, 0.717) is 35.0 Å². The maximum absolute atomic E-state index is 11.6. The Morgan fingerprint density at radius 1 is 1.15 bits per heavy atom. The minimum absolute atomic E-state index is 0.335. The molecule has 3 rings (SSSR count). The zero-order valence-corrected chi connectivity index (χ0v) is 14.6. The normalized spacial score (nSPS) is 10.3. The third-order valence-corrected chi connectivity index (χ3v) is 3.52. The topological polar surface area (TPSA) is 106 Å². The number of nitrogens with zero attached hydrogens (tertiary/aromatic N) is 3. The highest BCUT2D eigenvalue weighted by molar-refractivity contribution is 5.89. The Labute approximate surface area is 155 Å². The van der Waals surface area contributed by atoms with Gasteiger partial charge in [-0.25, -0.2) is 19.6 Å². The summed E-state index contributed by atoms with van der Waals surface area (Å²) in [5, 5.41) is 5.27. The number of hydrogen-bond acceptors (Lipinski definition) is 6. The number of ether oxygens (including phenoxy) is 1. The van der Waals surface area contributed by atoms with Gasteiger partial charge in [0, 0.05) is 18.2 Å². The third-order valence-electron chi connectivity index (χ3n) is 3.52. The van der Waals surface area contributed by atoms with Gasteiger partial charge in [0.15, 0.2) is 5.65 Å². The summed E-state index contributed by atoms with van der Waals surface area (Å²) >= 11 is 0. The number of hydrogen-bond donors (Lipinski definition) is 2. The summed E-state index contributed by atoms with van der Waals surface area (Å²) in [4.78, 5) is 36.0. The molecule has 8 heteroatoms. The van der Waals surface area contributed by atoms with Crippen LogP contribution in [-0.2, 0) is 4.79 Å². The molecule has 3 aromatic rings. The van der Waals surface area contributed by atoms with Crippen LogP contribution in [0.2, 0.25) is 0 Å². The Morgan fingerprint density at radius 2 is 1.93 bits per heavy atom. The molecule has 27 heavy (non-hydrogen) atoms. The van der Waals surface area contributed by atoms with Crippen molar-refractivity contribution in [2.45, 2.75) is 6.92 Å². The number of amides is 2. The lowest BCUT2D eigenvalue weighted by atomic mass is 10.1. The van der Waals surface area contributed by atoms with Crippen molar-refractivity contribution in [2.75, 3.05) is 11.9 Å². The fourth-order valence-corrected chi connectivity index (χ4v) is 2.28. The number of carbonyl (C=O) groups is 2. The van der Waals surface area contributed by atoms with E-state index in [1.165, 1.54) is 0 Å². The van der Waals surface area contributed by atoms with Crippen LogP contribution in [0, 0.1) is 0 Å². The van der Waals surface area contributed by atoms with Crippen molar-refractivity contribution in [3.8, 4) is 17.0 Å². The lowest BCUT2D eigenvalue weighted by molar-refractivity contribution is -0.128. The lowest BCUT2D eigenvalue weighted by Gasteiger charge is -2.07. The first-order valence-electron chi connectivity index (χ1n) is 8.22. The summed E-state index contributed by atoms with van der Waals surface area (Å²) in [6.07, 6.45) is 2.73. The fourth-order valence-electron chi connectivity index (χ4n) is 2.28. The largest absolute Gasteiger partial charge is 0.423 e. The number of carbonyl (C=O) groups excluding carboxylic acids is 2. The van der Waals surface area contributed by atoms with Crippen molar-refractivity contribution in [3.05, 3.63) is 55.3 Å². The molecule has 1 aromatic carbocycles. The molecule has 0 saturated heterocycles. The highest BCUT2D eigenvalue weighted by Crippen LogP contribution is 2.22. The van der Waals surface area contributed by atoms with Crippen LogP contribution >= 0.6 is 0 Å². The highest BCUT2D eigenvalue weighted by Gasteiger charge is 2.08. The molecule has 0 radical (unpaired) electrons. The van der Waals surface area contributed by atoms with Gasteiger partial charge in [-0.15, -0.1) is 0 Å².